The second kappa shape index (κ2) is 9.30. The van der Waals surface area contributed by atoms with Crippen molar-refractivity contribution in [3.05, 3.63) is 78.9 Å². The molecule has 182 valence electrons. The molecule has 0 aliphatic heterocycles. The van der Waals surface area contributed by atoms with E-state index in [1.54, 1.807) is 6.07 Å². The van der Waals surface area contributed by atoms with Gasteiger partial charge >= 0.3 is 0 Å². The van der Waals surface area contributed by atoms with Gasteiger partial charge in [-0.05, 0) is 24.3 Å². The molecule has 0 spiro atoms. The number of ether oxygens (including phenoxy) is 2. The Morgan fingerprint density at radius 1 is 0.944 bits per heavy atom. The minimum atomic E-state index is -3.47. The van der Waals surface area contributed by atoms with Crippen LogP contribution >= 0.6 is 0 Å². The Morgan fingerprint density at radius 3 is 2.53 bits per heavy atom. The molecule has 0 fully saturated rings. The summed E-state index contributed by atoms with van der Waals surface area (Å²) in [6.45, 7) is 1.53. The quantitative estimate of drug-likeness (QED) is 0.323. The van der Waals surface area contributed by atoms with Crippen LogP contribution in [0.25, 0.3) is 22.6 Å². The number of rotatable bonds is 7. The average Bonchev–Trinajstić information content (AvgIpc) is 3.32. The zero-order chi connectivity index (χ0) is 25.3. The van der Waals surface area contributed by atoms with Crippen molar-refractivity contribution in [3.63, 3.8) is 0 Å². The van der Waals surface area contributed by atoms with Crippen LogP contribution in [0.15, 0.2) is 72.3 Å². The van der Waals surface area contributed by atoms with Crippen molar-refractivity contribution < 1.29 is 26.7 Å². The van der Waals surface area contributed by atoms with Crippen molar-refractivity contribution >= 4 is 20.9 Å². The molecule has 1 N–H and O–H groups in total. The first-order chi connectivity index (χ1) is 17.3. The molecule has 0 bridgehead atoms. The maximum Gasteiger partial charge on any atom is 0.201 e. The van der Waals surface area contributed by atoms with Gasteiger partial charge in [0.2, 0.25) is 5.82 Å². The highest BCUT2D eigenvalue weighted by Crippen LogP contribution is 2.37. The van der Waals surface area contributed by atoms with Crippen LogP contribution in [0.3, 0.4) is 0 Å². The minimum absolute atomic E-state index is 0.0689. The fourth-order valence-corrected chi connectivity index (χ4v) is 4.10. The highest BCUT2D eigenvalue weighted by Gasteiger charge is 2.18. The van der Waals surface area contributed by atoms with Crippen LogP contribution in [-0.4, -0.2) is 39.1 Å². The predicted octanol–water partition coefficient (Wildman–Crippen LogP) is 5.07. The highest BCUT2D eigenvalue weighted by molar-refractivity contribution is 7.91. The van der Waals surface area contributed by atoms with Gasteiger partial charge in [-0.15, -0.1) is 0 Å². The van der Waals surface area contributed by atoms with E-state index < -0.39 is 21.5 Å². The number of nitrogens with one attached hydrogen (secondary N) is 1. The molecule has 0 saturated heterocycles. The average molecular weight is 509 g/mol. The number of aromatic amines is 1. The van der Waals surface area contributed by atoms with E-state index in [1.807, 2.05) is 0 Å². The van der Waals surface area contributed by atoms with Crippen LogP contribution in [0.1, 0.15) is 6.92 Å². The van der Waals surface area contributed by atoms with Gasteiger partial charge in [0.05, 0.1) is 23.7 Å². The van der Waals surface area contributed by atoms with E-state index in [0.717, 1.165) is 6.07 Å². The number of hydrogen-bond acceptors (Lipinski definition) is 8. The summed E-state index contributed by atoms with van der Waals surface area (Å²) in [6.07, 6.45) is 5.81. The summed E-state index contributed by atoms with van der Waals surface area (Å²) in [5.74, 6) is -1.69. The van der Waals surface area contributed by atoms with Gasteiger partial charge in [0.15, 0.2) is 38.0 Å². The van der Waals surface area contributed by atoms with E-state index >= 15 is 0 Å². The normalized spacial score (nSPS) is 11.5. The van der Waals surface area contributed by atoms with Gasteiger partial charge < -0.3 is 14.5 Å². The smallest absolute Gasteiger partial charge is 0.201 e. The molecule has 9 nitrogen and oxygen atoms in total. The van der Waals surface area contributed by atoms with Crippen molar-refractivity contribution in [2.75, 3.05) is 5.75 Å². The topological polar surface area (TPSA) is 120 Å². The number of imidazole rings is 1. The van der Waals surface area contributed by atoms with Gasteiger partial charge in [-0.2, -0.15) is 4.39 Å². The van der Waals surface area contributed by atoms with Crippen LogP contribution < -0.4 is 9.47 Å². The Morgan fingerprint density at radius 2 is 1.81 bits per heavy atom. The van der Waals surface area contributed by atoms with Crippen molar-refractivity contribution in [1.82, 2.24) is 24.9 Å². The third-order valence-corrected chi connectivity index (χ3v) is 6.75. The van der Waals surface area contributed by atoms with E-state index in [1.165, 1.54) is 62.0 Å². The Labute approximate surface area is 203 Å². The number of aromatic nitrogens is 5. The van der Waals surface area contributed by atoms with Gasteiger partial charge in [-0.1, -0.05) is 13.0 Å². The second-order valence-electron chi connectivity index (χ2n) is 7.49. The minimum Gasteiger partial charge on any atom is -0.456 e. The van der Waals surface area contributed by atoms with E-state index in [0.29, 0.717) is 22.6 Å². The summed E-state index contributed by atoms with van der Waals surface area (Å²) >= 11 is 0. The SMILES string of the molecule is CCS(=O)(=O)c1ccc(Oc2cc(Oc3cccc(F)c3F)c3nc(-c4cnccn4)[nH]c3c2)cn1. The summed E-state index contributed by atoms with van der Waals surface area (Å²) in [5, 5.41) is -0.0689. The van der Waals surface area contributed by atoms with Gasteiger partial charge in [0.25, 0.3) is 0 Å². The van der Waals surface area contributed by atoms with Crippen LogP contribution in [-0.2, 0) is 9.84 Å². The zero-order valence-electron chi connectivity index (χ0n) is 18.6. The summed E-state index contributed by atoms with van der Waals surface area (Å²) in [6, 6.07) is 9.45. The lowest BCUT2D eigenvalue weighted by molar-refractivity contribution is 0.415. The molecule has 5 aromatic rings. The summed E-state index contributed by atoms with van der Waals surface area (Å²) in [4.78, 5) is 19.8. The third-order valence-electron chi connectivity index (χ3n) is 5.11. The molecule has 0 unspecified atom stereocenters. The lowest BCUT2D eigenvalue weighted by atomic mass is 10.2. The maximum absolute atomic E-state index is 14.3. The predicted molar refractivity (Wildman–Crippen MR) is 126 cm³/mol. The number of nitrogens with zero attached hydrogens (tertiary/aromatic N) is 4. The number of H-pyrrole nitrogens is 1. The van der Waals surface area contributed by atoms with Crippen molar-refractivity contribution in [3.8, 4) is 34.5 Å². The van der Waals surface area contributed by atoms with E-state index in [2.05, 4.69) is 24.9 Å². The molecule has 0 amide bonds. The van der Waals surface area contributed by atoms with Crippen LogP contribution in [0, 0.1) is 11.6 Å². The zero-order valence-corrected chi connectivity index (χ0v) is 19.5. The number of pyridine rings is 1. The molecule has 0 radical (unpaired) electrons. The Bertz CT molecular complexity index is 1660. The fourth-order valence-electron chi connectivity index (χ4n) is 3.32. The monoisotopic (exact) mass is 509 g/mol. The molecule has 3 heterocycles. The van der Waals surface area contributed by atoms with Gasteiger partial charge in [0, 0.05) is 24.5 Å². The molecule has 5 rings (SSSR count). The Hall–Kier alpha value is -4.45. The maximum atomic E-state index is 14.3. The molecule has 0 aliphatic rings. The van der Waals surface area contributed by atoms with Crippen molar-refractivity contribution in [1.29, 1.82) is 0 Å². The van der Waals surface area contributed by atoms with E-state index in [-0.39, 0.29) is 33.8 Å². The highest BCUT2D eigenvalue weighted by atomic mass is 32.2. The Balaban J connectivity index is 1.56. The number of halogens is 2. The van der Waals surface area contributed by atoms with Crippen molar-refractivity contribution in [2.45, 2.75) is 11.9 Å². The van der Waals surface area contributed by atoms with Crippen LogP contribution in [0.2, 0.25) is 0 Å². The molecular formula is C24H17F2N5O4S. The number of fused-ring (bicyclic) bond motifs is 1. The van der Waals surface area contributed by atoms with Crippen LogP contribution in [0.5, 0.6) is 23.0 Å². The van der Waals surface area contributed by atoms with Gasteiger partial charge in [-0.3, -0.25) is 4.98 Å². The first-order valence-electron chi connectivity index (χ1n) is 10.6. The standard InChI is InChI=1S/C24H17F2N5O4S/c1-2-36(32,33)21-7-6-14(12-29-21)34-15-10-17-23(31-24(30-17)18-13-27-8-9-28-18)20(11-15)35-19-5-3-4-16(25)22(19)26/h3-13H,2H2,1H3,(H,30,31). The number of benzene rings is 2. The second-order valence-corrected chi connectivity index (χ2v) is 9.71. The van der Waals surface area contributed by atoms with E-state index in [9.17, 15) is 17.2 Å². The molecule has 12 heteroatoms. The summed E-state index contributed by atoms with van der Waals surface area (Å²) in [5.41, 5.74) is 1.23. The van der Waals surface area contributed by atoms with E-state index in [4.69, 9.17) is 9.47 Å². The largest absolute Gasteiger partial charge is 0.456 e. The number of sulfone groups is 1. The molecule has 0 aliphatic carbocycles. The van der Waals surface area contributed by atoms with Crippen LogP contribution in [0.4, 0.5) is 8.78 Å². The summed E-state index contributed by atoms with van der Waals surface area (Å²) in [7, 11) is -3.47. The fraction of sp³-hybridized carbons (Fsp3) is 0.0833. The lowest BCUT2D eigenvalue weighted by Gasteiger charge is -2.11. The molecule has 2 aromatic carbocycles. The van der Waals surface area contributed by atoms with Gasteiger partial charge in [0.1, 0.15) is 22.7 Å². The summed E-state index contributed by atoms with van der Waals surface area (Å²) < 4.78 is 63.7. The molecule has 36 heavy (non-hydrogen) atoms. The Kier molecular flexibility index (Phi) is 6.02. The lowest BCUT2D eigenvalue weighted by Crippen LogP contribution is -2.05. The first-order valence-corrected chi connectivity index (χ1v) is 12.3. The third kappa shape index (κ3) is 4.58. The first kappa shape index (κ1) is 23.3. The molecule has 3 aromatic heterocycles. The molecule has 0 saturated carbocycles. The number of hydrogen-bond donors (Lipinski definition) is 1. The van der Waals surface area contributed by atoms with Gasteiger partial charge in [-0.25, -0.2) is 27.8 Å². The molecular weight excluding hydrogens is 492 g/mol. The molecule has 0 atom stereocenters. The van der Waals surface area contributed by atoms with Crippen molar-refractivity contribution in [2.24, 2.45) is 0 Å².